The van der Waals surface area contributed by atoms with Crippen LogP contribution >= 0.6 is 0 Å². The summed E-state index contributed by atoms with van der Waals surface area (Å²) in [5.74, 6) is -0.393. The molecule has 1 N–H and O–H groups in total. The van der Waals surface area contributed by atoms with E-state index in [1.165, 1.54) is 18.2 Å². The van der Waals surface area contributed by atoms with Crippen LogP contribution in [-0.4, -0.2) is 6.54 Å². The van der Waals surface area contributed by atoms with Gasteiger partial charge >= 0.3 is 6.18 Å². The SMILES string of the molecule is Fc1ccc2c(c1-c1ccc(C(F)(F)F)cc1)CCNC2. The summed E-state index contributed by atoms with van der Waals surface area (Å²) >= 11 is 0. The van der Waals surface area contributed by atoms with Gasteiger partial charge in [0.15, 0.2) is 0 Å². The Labute approximate surface area is 119 Å². The molecule has 0 saturated heterocycles. The van der Waals surface area contributed by atoms with Crippen LogP contribution in [0.4, 0.5) is 17.6 Å². The molecule has 0 aromatic heterocycles. The number of hydrogen-bond donors (Lipinski definition) is 1. The first kappa shape index (κ1) is 14.1. The van der Waals surface area contributed by atoms with E-state index in [1.807, 2.05) is 0 Å². The average Bonchev–Trinajstić information content (AvgIpc) is 2.46. The molecule has 1 heterocycles. The first-order valence-electron chi connectivity index (χ1n) is 6.65. The molecule has 0 spiro atoms. The van der Waals surface area contributed by atoms with E-state index in [0.717, 1.165) is 29.8 Å². The van der Waals surface area contributed by atoms with Crippen molar-refractivity contribution in [3.8, 4) is 11.1 Å². The summed E-state index contributed by atoms with van der Waals surface area (Å²) < 4.78 is 51.9. The maximum Gasteiger partial charge on any atom is 0.416 e. The van der Waals surface area contributed by atoms with Crippen molar-refractivity contribution in [3.05, 3.63) is 58.9 Å². The third-order valence-electron chi connectivity index (χ3n) is 3.73. The quantitative estimate of drug-likeness (QED) is 0.779. The molecule has 1 aliphatic rings. The Kier molecular flexibility index (Phi) is 3.45. The van der Waals surface area contributed by atoms with Gasteiger partial charge in [-0.15, -0.1) is 0 Å². The Morgan fingerprint density at radius 1 is 0.952 bits per heavy atom. The van der Waals surface area contributed by atoms with Gasteiger partial charge in [-0.1, -0.05) is 18.2 Å². The molecule has 0 aliphatic carbocycles. The molecule has 1 nitrogen and oxygen atoms in total. The van der Waals surface area contributed by atoms with Crippen LogP contribution < -0.4 is 5.32 Å². The monoisotopic (exact) mass is 295 g/mol. The number of rotatable bonds is 1. The third-order valence-corrected chi connectivity index (χ3v) is 3.73. The van der Waals surface area contributed by atoms with Crippen LogP contribution in [0.25, 0.3) is 11.1 Å². The van der Waals surface area contributed by atoms with Gasteiger partial charge in [-0.05, 0) is 47.9 Å². The summed E-state index contributed by atoms with van der Waals surface area (Å²) in [6.45, 7) is 1.40. The minimum Gasteiger partial charge on any atom is -0.312 e. The van der Waals surface area contributed by atoms with Crippen LogP contribution in [0.1, 0.15) is 16.7 Å². The Morgan fingerprint density at radius 3 is 2.33 bits per heavy atom. The number of hydrogen-bond acceptors (Lipinski definition) is 1. The molecule has 5 heteroatoms. The molecular formula is C16H13F4N. The normalized spacial score (nSPS) is 14.9. The molecule has 1 aliphatic heterocycles. The smallest absolute Gasteiger partial charge is 0.312 e. The minimum atomic E-state index is -4.38. The van der Waals surface area contributed by atoms with Crippen molar-refractivity contribution < 1.29 is 17.6 Å². The summed E-state index contributed by atoms with van der Waals surface area (Å²) in [6, 6.07) is 7.76. The predicted octanol–water partition coefficient (Wildman–Crippen LogP) is 4.16. The highest BCUT2D eigenvalue weighted by atomic mass is 19.4. The highest BCUT2D eigenvalue weighted by molar-refractivity contribution is 5.70. The molecule has 21 heavy (non-hydrogen) atoms. The second-order valence-electron chi connectivity index (χ2n) is 5.06. The van der Waals surface area contributed by atoms with Crippen molar-refractivity contribution in [3.63, 3.8) is 0 Å². The summed E-state index contributed by atoms with van der Waals surface area (Å²) in [7, 11) is 0. The third kappa shape index (κ3) is 2.65. The summed E-state index contributed by atoms with van der Waals surface area (Å²) in [4.78, 5) is 0. The lowest BCUT2D eigenvalue weighted by atomic mass is 9.90. The van der Waals surface area contributed by atoms with E-state index < -0.39 is 17.6 Å². The van der Waals surface area contributed by atoms with Gasteiger partial charge in [-0.2, -0.15) is 13.2 Å². The first-order chi connectivity index (χ1) is 9.97. The minimum absolute atomic E-state index is 0.393. The lowest BCUT2D eigenvalue weighted by Gasteiger charge is -2.21. The fourth-order valence-electron chi connectivity index (χ4n) is 2.69. The van der Waals surface area contributed by atoms with E-state index in [4.69, 9.17) is 0 Å². The molecule has 0 fully saturated rings. The van der Waals surface area contributed by atoms with Gasteiger partial charge in [0.1, 0.15) is 5.82 Å². The number of halogens is 4. The molecule has 0 saturated carbocycles. The molecule has 0 atom stereocenters. The van der Waals surface area contributed by atoms with Gasteiger partial charge in [0.2, 0.25) is 0 Å². The molecule has 2 aromatic rings. The zero-order chi connectivity index (χ0) is 15.0. The lowest BCUT2D eigenvalue weighted by molar-refractivity contribution is -0.137. The van der Waals surface area contributed by atoms with Crippen molar-refractivity contribution in [2.45, 2.75) is 19.1 Å². The van der Waals surface area contributed by atoms with Crippen LogP contribution in [0.3, 0.4) is 0 Å². The zero-order valence-electron chi connectivity index (χ0n) is 11.1. The molecule has 0 unspecified atom stereocenters. The highest BCUT2D eigenvalue weighted by Gasteiger charge is 2.30. The average molecular weight is 295 g/mol. The molecule has 0 amide bonds. The first-order valence-corrected chi connectivity index (χ1v) is 6.65. The molecule has 110 valence electrons. The van der Waals surface area contributed by atoms with Crippen molar-refractivity contribution in [2.24, 2.45) is 0 Å². The van der Waals surface area contributed by atoms with E-state index in [0.29, 0.717) is 24.1 Å². The number of alkyl halides is 3. The molecule has 2 aromatic carbocycles. The van der Waals surface area contributed by atoms with Gasteiger partial charge < -0.3 is 5.32 Å². The molecular weight excluding hydrogens is 282 g/mol. The van der Waals surface area contributed by atoms with Gasteiger partial charge in [0.05, 0.1) is 5.56 Å². The van der Waals surface area contributed by atoms with Crippen molar-refractivity contribution in [2.75, 3.05) is 6.54 Å². The van der Waals surface area contributed by atoms with E-state index in [-0.39, 0.29) is 0 Å². The molecule has 3 rings (SSSR count). The standard InChI is InChI=1S/C16H13F4N/c17-14-6-3-11-9-21-8-7-13(11)15(14)10-1-4-12(5-2-10)16(18,19)20/h1-6,21H,7-9H2. The van der Waals surface area contributed by atoms with Crippen LogP contribution in [0.5, 0.6) is 0 Å². The van der Waals surface area contributed by atoms with Crippen molar-refractivity contribution >= 4 is 0 Å². The largest absolute Gasteiger partial charge is 0.416 e. The summed E-state index contributed by atoms with van der Waals surface area (Å²) in [6.07, 6.45) is -3.71. The second-order valence-corrected chi connectivity index (χ2v) is 5.06. The zero-order valence-corrected chi connectivity index (χ0v) is 11.1. The van der Waals surface area contributed by atoms with Crippen LogP contribution in [0.15, 0.2) is 36.4 Å². The number of nitrogens with one attached hydrogen (secondary N) is 1. The second kappa shape index (κ2) is 5.15. The molecule has 0 bridgehead atoms. The summed E-state index contributed by atoms with van der Waals surface area (Å²) in [5.41, 5.74) is 2.06. The Balaban J connectivity index is 2.08. The fourth-order valence-corrected chi connectivity index (χ4v) is 2.69. The van der Waals surface area contributed by atoms with Gasteiger partial charge in [-0.25, -0.2) is 4.39 Å². The van der Waals surface area contributed by atoms with Crippen LogP contribution in [0.2, 0.25) is 0 Å². The van der Waals surface area contributed by atoms with Crippen molar-refractivity contribution in [1.29, 1.82) is 0 Å². The topological polar surface area (TPSA) is 12.0 Å². The van der Waals surface area contributed by atoms with Crippen molar-refractivity contribution in [1.82, 2.24) is 5.32 Å². The lowest BCUT2D eigenvalue weighted by Crippen LogP contribution is -2.24. The van der Waals surface area contributed by atoms with Crippen LogP contribution in [0, 0.1) is 5.82 Å². The predicted molar refractivity (Wildman–Crippen MR) is 72.2 cm³/mol. The van der Waals surface area contributed by atoms with Crippen LogP contribution in [-0.2, 0) is 19.1 Å². The summed E-state index contributed by atoms with van der Waals surface area (Å²) in [5, 5.41) is 3.20. The van der Waals surface area contributed by atoms with E-state index in [2.05, 4.69) is 5.32 Å². The van der Waals surface area contributed by atoms with E-state index in [9.17, 15) is 17.6 Å². The number of fused-ring (bicyclic) bond motifs is 1. The fraction of sp³-hybridized carbons (Fsp3) is 0.250. The number of benzene rings is 2. The Hall–Kier alpha value is -1.88. The maximum atomic E-state index is 14.2. The van der Waals surface area contributed by atoms with Gasteiger partial charge in [-0.3, -0.25) is 0 Å². The Morgan fingerprint density at radius 2 is 1.67 bits per heavy atom. The van der Waals surface area contributed by atoms with E-state index >= 15 is 0 Å². The van der Waals surface area contributed by atoms with Gasteiger partial charge in [0.25, 0.3) is 0 Å². The van der Waals surface area contributed by atoms with Gasteiger partial charge in [0, 0.05) is 12.1 Å². The molecule has 0 radical (unpaired) electrons. The maximum absolute atomic E-state index is 14.2. The Bertz CT molecular complexity index is 659. The highest BCUT2D eigenvalue weighted by Crippen LogP contribution is 2.34. The van der Waals surface area contributed by atoms with E-state index in [1.54, 1.807) is 6.07 Å².